The van der Waals surface area contributed by atoms with E-state index in [2.05, 4.69) is 27.5 Å². The van der Waals surface area contributed by atoms with E-state index in [1.807, 2.05) is 44.2 Å². The summed E-state index contributed by atoms with van der Waals surface area (Å²) in [6.45, 7) is 8.21. The fraction of sp³-hybridized carbons (Fsp3) is 0.444. The Labute approximate surface area is 147 Å². The van der Waals surface area contributed by atoms with Crippen LogP contribution in [0.4, 0.5) is 0 Å². The van der Waals surface area contributed by atoms with Crippen LogP contribution in [0.1, 0.15) is 34.0 Å². The lowest BCUT2D eigenvalue weighted by molar-refractivity contribution is 0.265. The third-order valence-electron chi connectivity index (χ3n) is 3.80. The summed E-state index contributed by atoms with van der Waals surface area (Å²) in [5.41, 5.74) is 2.20. The molecular weight excluding hydrogens is 320 g/mol. The maximum atomic E-state index is 9.65. The van der Waals surface area contributed by atoms with Crippen LogP contribution in [-0.4, -0.2) is 35.7 Å². The molecule has 0 aliphatic rings. The van der Waals surface area contributed by atoms with Crippen LogP contribution in [0, 0.1) is 13.8 Å². The number of hydrogen-bond donors (Lipinski definition) is 3. The van der Waals surface area contributed by atoms with Gasteiger partial charge in [0.1, 0.15) is 5.01 Å². The van der Waals surface area contributed by atoms with Crippen LogP contribution in [-0.2, 0) is 6.54 Å². The molecule has 130 valence electrons. The van der Waals surface area contributed by atoms with Gasteiger partial charge in [-0.1, -0.05) is 30.3 Å². The summed E-state index contributed by atoms with van der Waals surface area (Å²) in [7, 11) is 0. The van der Waals surface area contributed by atoms with Crippen molar-refractivity contribution in [2.45, 2.75) is 33.2 Å². The van der Waals surface area contributed by atoms with Crippen molar-refractivity contribution in [3.63, 3.8) is 0 Å². The van der Waals surface area contributed by atoms with E-state index < -0.39 is 0 Å². The van der Waals surface area contributed by atoms with E-state index in [4.69, 9.17) is 0 Å². The van der Waals surface area contributed by atoms with Crippen molar-refractivity contribution in [1.82, 2.24) is 15.6 Å². The number of nitrogens with zero attached hydrogens (tertiary/aromatic N) is 2. The second kappa shape index (κ2) is 9.39. The zero-order valence-electron chi connectivity index (χ0n) is 14.5. The molecule has 0 amide bonds. The molecule has 24 heavy (non-hydrogen) atoms. The molecule has 1 aromatic heterocycles. The minimum Gasteiger partial charge on any atom is -0.396 e. The molecule has 2 rings (SSSR count). The van der Waals surface area contributed by atoms with Gasteiger partial charge in [0, 0.05) is 23.9 Å². The summed E-state index contributed by atoms with van der Waals surface area (Å²) in [5, 5.41) is 17.2. The van der Waals surface area contributed by atoms with Crippen molar-refractivity contribution in [3.05, 3.63) is 51.5 Å². The molecule has 2 aromatic rings. The van der Waals surface area contributed by atoms with Gasteiger partial charge in [-0.2, -0.15) is 0 Å². The fourth-order valence-corrected chi connectivity index (χ4v) is 3.19. The Morgan fingerprint density at radius 1 is 1.25 bits per heavy atom. The number of benzene rings is 1. The van der Waals surface area contributed by atoms with Crippen molar-refractivity contribution in [1.29, 1.82) is 0 Å². The molecule has 0 saturated heterocycles. The van der Waals surface area contributed by atoms with Gasteiger partial charge in [-0.15, -0.1) is 11.3 Å². The quantitative estimate of drug-likeness (QED) is 0.532. The number of rotatable bonds is 7. The molecule has 0 fully saturated rings. The summed E-state index contributed by atoms with van der Waals surface area (Å²) in [6, 6.07) is 10.0. The first-order valence-electron chi connectivity index (χ1n) is 8.25. The van der Waals surface area contributed by atoms with E-state index in [-0.39, 0.29) is 12.5 Å². The molecule has 3 N–H and O–H groups in total. The third-order valence-corrected chi connectivity index (χ3v) is 4.85. The number of guanidine groups is 1. The van der Waals surface area contributed by atoms with E-state index in [0.717, 1.165) is 28.8 Å². The molecule has 1 aromatic carbocycles. The molecule has 1 unspecified atom stereocenters. The summed E-state index contributed by atoms with van der Waals surface area (Å²) < 4.78 is 0. The predicted molar refractivity (Wildman–Crippen MR) is 101 cm³/mol. The number of aromatic nitrogens is 1. The van der Waals surface area contributed by atoms with Crippen LogP contribution in [0.15, 0.2) is 35.3 Å². The maximum Gasteiger partial charge on any atom is 0.191 e. The van der Waals surface area contributed by atoms with Gasteiger partial charge in [0.25, 0.3) is 0 Å². The van der Waals surface area contributed by atoms with E-state index >= 15 is 0 Å². The topological polar surface area (TPSA) is 69.5 Å². The SMILES string of the molecule is CCNC(=NCc1nc(C)c(C)s1)NCC(CO)c1ccccc1. The molecule has 0 aliphatic carbocycles. The van der Waals surface area contributed by atoms with Gasteiger partial charge in [0.2, 0.25) is 0 Å². The highest BCUT2D eigenvalue weighted by Gasteiger charge is 2.11. The van der Waals surface area contributed by atoms with Crippen molar-refractivity contribution < 1.29 is 5.11 Å². The third kappa shape index (κ3) is 5.32. The highest BCUT2D eigenvalue weighted by atomic mass is 32.1. The van der Waals surface area contributed by atoms with Crippen LogP contribution in [0.2, 0.25) is 0 Å². The average Bonchev–Trinajstić information content (AvgIpc) is 2.92. The van der Waals surface area contributed by atoms with Crippen LogP contribution < -0.4 is 10.6 Å². The molecule has 0 aliphatic heterocycles. The van der Waals surface area contributed by atoms with Gasteiger partial charge in [-0.25, -0.2) is 9.98 Å². The lowest BCUT2D eigenvalue weighted by atomic mass is 10.0. The Morgan fingerprint density at radius 2 is 2.00 bits per heavy atom. The van der Waals surface area contributed by atoms with Gasteiger partial charge in [0.05, 0.1) is 18.8 Å². The largest absolute Gasteiger partial charge is 0.396 e. The highest BCUT2D eigenvalue weighted by molar-refractivity contribution is 7.11. The zero-order valence-corrected chi connectivity index (χ0v) is 15.4. The van der Waals surface area contributed by atoms with Gasteiger partial charge in [-0.05, 0) is 26.3 Å². The lowest BCUT2D eigenvalue weighted by Gasteiger charge is -2.17. The van der Waals surface area contributed by atoms with E-state index in [1.54, 1.807) is 11.3 Å². The van der Waals surface area contributed by atoms with Crippen molar-refractivity contribution in [3.8, 4) is 0 Å². The normalized spacial score (nSPS) is 12.9. The van der Waals surface area contributed by atoms with Crippen molar-refractivity contribution in [2.24, 2.45) is 4.99 Å². The van der Waals surface area contributed by atoms with Crippen molar-refractivity contribution in [2.75, 3.05) is 19.7 Å². The standard InChI is InChI=1S/C18H26N4OS/c1-4-19-18(21-11-17-22-13(2)14(3)24-17)20-10-16(12-23)15-8-6-5-7-9-15/h5-9,16,23H,4,10-12H2,1-3H3,(H2,19,20,21). The number of aryl methyl sites for hydroxylation is 2. The smallest absolute Gasteiger partial charge is 0.191 e. The minimum atomic E-state index is 0.0411. The predicted octanol–water partition coefficient (Wildman–Crippen LogP) is 2.59. The molecule has 0 bridgehead atoms. The first-order valence-corrected chi connectivity index (χ1v) is 9.06. The highest BCUT2D eigenvalue weighted by Crippen LogP contribution is 2.17. The number of hydrogen-bond acceptors (Lipinski definition) is 4. The van der Waals surface area contributed by atoms with Crippen LogP contribution >= 0.6 is 11.3 Å². The van der Waals surface area contributed by atoms with E-state index in [9.17, 15) is 5.11 Å². The maximum absolute atomic E-state index is 9.65. The molecule has 5 nitrogen and oxygen atoms in total. The molecule has 1 heterocycles. The minimum absolute atomic E-state index is 0.0411. The Kier molecular flexibility index (Phi) is 7.21. The van der Waals surface area contributed by atoms with Crippen LogP contribution in [0.3, 0.4) is 0 Å². The van der Waals surface area contributed by atoms with Crippen molar-refractivity contribution >= 4 is 17.3 Å². The molecule has 0 spiro atoms. The number of thiazole rings is 1. The average molecular weight is 347 g/mol. The molecule has 6 heteroatoms. The van der Waals surface area contributed by atoms with Gasteiger partial charge < -0.3 is 15.7 Å². The summed E-state index contributed by atoms with van der Waals surface area (Å²) in [6.07, 6.45) is 0. The molecule has 0 radical (unpaired) electrons. The number of aliphatic hydroxyl groups is 1. The van der Waals surface area contributed by atoms with Crippen LogP contribution in [0.5, 0.6) is 0 Å². The molecule has 1 atom stereocenters. The summed E-state index contributed by atoms with van der Waals surface area (Å²) in [5.74, 6) is 0.789. The second-order valence-electron chi connectivity index (χ2n) is 5.62. The molecule has 0 saturated carbocycles. The first-order chi connectivity index (χ1) is 11.6. The van der Waals surface area contributed by atoms with E-state index in [0.29, 0.717) is 13.1 Å². The second-order valence-corrected chi connectivity index (χ2v) is 6.90. The lowest BCUT2D eigenvalue weighted by Crippen LogP contribution is -2.39. The van der Waals surface area contributed by atoms with Crippen LogP contribution in [0.25, 0.3) is 0 Å². The summed E-state index contributed by atoms with van der Waals surface area (Å²) >= 11 is 1.69. The van der Waals surface area contributed by atoms with Gasteiger partial charge in [-0.3, -0.25) is 0 Å². The van der Waals surface area contributed by atoms with Gasteiger partial charge >= 0.3 is 0 Å². The number of nitrogens with one attached hydrogen (secondary N) is 2. The zero-order chi connectivity index (χ0) is 17.4. The molecular formula is C18H26N4OS. The number of aliphatic hydroxyl groups excluding tert-OH is 1. The Balaban J connectivity index is 1.98. The van der Waals surface area contributed by atoms with E-state index in [1.165, 1.54) is 4.88 Å². The number of aliphatic imine (C=N–C) groups is 1. The Morgan fingerprint density at radius 3 is 2.58 bits per heavy atom. The first kappa shape index (κ1) is 18.4. The van der Waals surface area contributed by atoms with Gasteiger partial charge in [0.15, 0.2) is 5.96 Å². The fourth-order valence-electron chi connectivity index (χ4n) is 2.33. The Hall–Kier alpha value is -1.92. The summed E-state index contributed by atoms with van der Waals surface area (Å²) in [4.78, 5) is 10.4. The Bertz CT molecular complexity index is 635. The monoisotopic (exact) mass is 346 g/mol.